The van der Waals surface area contributed by atoms with Gasteiger partial charge in [-0.2, -0.15) is 18.3 Å². The number of carbonyl (C=O) groups is 2. The highest BCUT2D eigenvalue weighted by Gasteiger charge is 2.35. The van der Waals surface area contributed by atoms with Gasteiger partial charge in [0, 0.05) is 24.6 Å². The third-order valence-electron chi connectivity index (χ3n) is 3.93. The molecule has 11 heteroatoms. The fourth-order valence-electron chi connectivity index (χ4n) is 2.58. The normalized spacial score (nSPS) is 11.6. The predicted molar refractivity (Wildman–Crippen MR) is 95.8 cm³/mol. The Labute approximate surface area is 166 Å². The number of hydrogen-bond donors (Lipinski definition) is 1. The van der Waals surface area contributed by atoms with Gasteiger partial charge in [0.25, 0.3) is 5.91 Å². The van der Waals surface area contributed by atoms with Crippen molar-refractivity contribution in [2.24, 2.45) is 0 Å². The number of aromatic nitrogens is 3. The maximum atomic E-state index is 13.5. The summed E-state index contributed by atoms with van der Waals surface area (Å²) in [5, 5.41) is 5.60. The van der Waals surface area contributed by atoms with Crippen LogP contribution in [0.3, 0.4) is 0 Å². The van der Waals surface area contributed by atoms with Crippen molar-refractivity contribution in [1.29, 1.82) is 0 Å². The number of fused-ring (bicyclic) bond motifs is 1. The van der Waals surface area contributed by atoms with Crippen LogP contribution in [-0.4, -0.2) is 32.3 Å². The van der Waals surface area contributed by atoms with E-state index in [4.69, 9.17) is 11.6 Å². The van der Waals surface area contributed by atoms with Crippen LogP contribution < -0.4 is 5.32 Å². The van der Waals surface area contributed by atoms with Gasteiger partial charge in [-0.15, -0.1) is 0 Å². The number of benzene rings is 1. The minimum absolute atomic E-state index is 0.0442. The average Bonchev–Trinajstić information content (AvgIpc) is 3.08. The molecule has 2 heterocycles. The van der Waals surface area contributed by atoms with Crippen molar-refractivity contribution in [3.8, 4) is 11.3 Å². The third kappa shape index (κ3) is 4.89. The van der Waals surface area contributed by atoms with Crippen molar-refractivity contribution in [2.75, 3.05) is 6.54 Å². The molecule has 0 fully saturated rings. The Kier molecular flexibility index (Phi) is 5.83. The molecule has 6 nitrogen and oxygen atoms in total. The molecule has 0 unspecified atom stereocenters. The van der Waals surface area contributed by atoms with Crippen LogP contribution in [0.1, 0.15) is 29.0 Å². The van der Waals surface area contributed by atoms with E-state index < -0.39 is 28.8 Å². The van der Waals surface area contributed by atoms with Gasteiger partial charge in [-0.3, -0.25) is 9.59 Å². The smallest absolute Gasteiger partial charge is 0.351 e. The summed E-state index contributed by atoms with van der Waals surface area (Å²) < 4.78 is 54.2. The molecule has 152 valence electrons. The van der Waals surface area contributed by atoms with Crippen LogP contribution in [0, 0.1) is 5.82 Å². The van der Waals surface area contributed by atoms with Crippen molar-refractivity contribution in [1.82, 2.24) is 19.9 Å². The molecule has 1 aromatic carbocycles. The predicted octanol–water partition coefficient (Wildman–Crippen LogP) is 3.83. The van der Waals surface area contributed by atoms with Gasteiger partial charge in [0.05, 0.1) is 5.69 Å². The van der Waals surface area contributed by atoms with Crippen LogP contribution in [0.15, 0.2) is 36.4 Å². The molecule has 1 amide bonds. The van der Waals surface area contributed by atoms with Crippen molar-refractivity contribution >= 4 is 28.4 Å². The van der Waals surface area contributed by atoms with E-state index in [1.165, 1.54) is 12.1 Å². The molecule has 0 spiro atoms. The van der Waals surface area contributed by atoms with E-state index in [0.717, 1.165) is 24.3 Å². The highest BCUT2D eigenvalue weighted by atomic mass is 35.5. The minimum atomic E-state index is -4.77. The Morgan fingerprint density at radius 3 is 2.45 bits per heavy atom. The maximum absolute atomic E-state index is 13.5. The van der Waals surface area contributed by atoms with Gasteiger partial charge < -0.3 is 5.32 Å². The van der Waals surface area contributed by atoms with Crippen molar-refractivity contribution in [3.05, 3.63) is 53.6 Å². The molecule has 1 N–H and O–H groups in total. The SMILES string of the molecule is O=C(Cl)CCCNC(=O)c1cc2nc(-c3ccc(F)cc3)cc(C(F)(F)F)n2n1. The summed E-state index contributed by atoms with van der Waals surface area (Å²) in [5.41, 5.74) is -1.36. The highest BCUT2D eigenvalue weighted by molar-refractivity contribution is 6.63. The van der Waals surface area contributed by atoms with Gasteiger partial charge in [-0.1, -0.05) is 0 Å². The average molecular weight is 429 g/mol. The van der Waals surface area contributed by atoms with Crippen LogP contribution in [-0.2, 0) is 11.0 Å². The first-order chi connectivity index (χ1) is 13.6. The summed E-state index contributed by atoms with van der Waals surface area (Å²) in [6, 6.07) is 6.71. The van der Waals surface area contributed by atoms with Crippen LogP contribution in [0.5, 0.6) is 0 Å². The number of carbonyl (C=O) groups excluding carboxylic acids is 2. The zero-order valence-electron chi connectivity index (χ0n) is 14.6. The minimum Gasteiger partial charge on any atom is -0.351 e. The van der Waals surface area contributed by atoms with Crippen LogP contribution in [0.25, 0.3) is 16.9 Å². The summed E-state index contributed by atoms with van der Waals surface area (Å²) in [6.45, 7) is 0.103. The monoisotopic (exact) mass is 428 g/mol. The zero-order valence-corrected chi connectivity index (χ0v) is 15.4. The molecule has 0 aliphatic rings. The second-order valence-corrected chi connectivity index (χ2v) is 6.47. The van der Waals surface area contributed by atoms with Crippen molar-refractivity contribution < 1.29 is 27.2 Å². The van der Waals surface area contributed by atoms with Crippen LogP contribution >= 0.6 is 11.6 Å². The quantitative estimate of drug-likeness (QED) is 0.368. The molecule has 2 aromatic heterocycles. The first-order valence-electron chi connectivity index (χ1n) is 8.35. The molecular formula is C18H13ClF4N4O2. The number of alkyl halides is 3. The standard InChI is InChI=1S/C18H13ClF4N4O2/c19-15(28)2-1-7-24-17(29)13-9-16-25-12(10-3-5-11(20)6-4-10)8-14(18(21,22)23)27(16)26-13/h3-6,8-9H,1-2,7H2,(H,24,29). The molecule has 29 heavy (non-hydrogen) atoms. The molecule has 0 aliphatic carbocycles. The topological polar surface area (TPSA) is 76.4 Å². The fraction of sp³-hybridized carbons (Fsp3) is 0.222. The number of halogens is 5. The molecule has 3 aromatic rings. The van der Waals surface area contributed by atoms with Crippen molar-refractivity contribution in [2.45, 2.75) is 19.0 Å². The Morgan fingerprint density at radius 1 is 1.14 bits per heavy atom. The zero-order chi connectivity index (χ0) is 21.2. The van der Waals surface area contributed by atoms with Crippen LogP contribution in [0.2, 0.25) is 0 Å². The van der Waals surface area contributed by atoms with E-state index in [9.17, 15) is 27.2 Å². The van der Waals surface area contributed by atoms with E-state index in [1.54, 1.807) is 0 Å². The number of hydrogen-bond acceptors (Lipinski definition) is 4. The second-order valence-electron chi connectivity index (χ2n) is 6.05. The lowest BCUT2D eigenvalue weighted by Gasteiger charge is -2.11. The lowest BCUT2D eigenvalue weighted by molar-refractivity contribution is -0.142. The van der Waals surface area contributed by atoms with Gasteiger partial charge in [0.1, 0.15) is 5.82 Å². The maximum Gasteiger partial charge on any atom is 0.433 e. The van der Waals surface area contributed by atoms with Crippen LogP contribution in [0.4, 0.5) is 17.6 Å². The van der Waals surface area contributed by atoms with E-state index >= 15 is 0 Å². The molecule has 0 saturated carbocycles. The molecule has 0 radical (unpaired) electrons. The summed E-state index contributed by atoms with van der Waals surface area (Å²) in [7, 11) is 0. The summed E-state index contributed by atoms with van der Waals surface area (Å²) in [5.74, 6) is -1.25. The van der Waals surface area contributed by atoms with E-state index in [0.29, 0.717) is 4.52 Å². The van der Waals surface area contributed by atoms with Gasteiger partial charge in [-0.05, 0) is 48.4 Å². The Bertz CT molecular complexity index is 1060. The van der Waals surface area contributed by atoms with E-state index in [2.05, 4.69) is 15.4 Å². The summed E-state index contributed by atoms with van der Waals surface area (Å²) in [4.78, 5) is 26.9. The first kappa shape index (κ1) is 20.7. The highest BCUT2D eigenvalue weighted by Crippen LogP contribution is 2.32. The Balaban J connectivity index is 1.96. The Hall–Kier alpha value is -3.01. The first-order valence-corrected chi connectivity index (χ1v) is 8.73. The summed E-state index contributed by atoms with van der Waals surface area (Å²) >= 11 is 5.19. The van der Waals surface area contributed by atoms with Gasteiger partial charge >= 0.3 is 6.18 Å². The fourth-order valence-corrected chi connectivity index (χ4v) is 2.71. The molecule has 0 saturated heterocycles. The van der Waals surface area contributed by atoms with Gasteiger partial charge in [-0.25, -0.2) is 13.9 Å². The number of amides is 1. The molecule has 0 bridgehead atoms. The molecule has 0 aliphatic heterocycles. The number of nitrogens with zero attached hydrogens (tertiary/aromatic N) is 3. The van der Waals surface area contributed by atoms with E-state index in [-0.39, 0.29) is 42.0 Å². The lowest BCUT2D eigenvalue weighted by atomic mass is 10.1. The van der Waals surface area contributed by atoms with Crippen molar-refractivity contribution in [3.63, 3.8) is 0 Å². The molecule has 0 atom stereocenters. The Morgan fingerprint density at radius 2 is 1.83 bits per heavy atom. The van der Waals surface area contributed by atoms with Gasteiger partial charge in [0.15, 0.2) is 17.0 Å². The lowest BCUT2D eigenvalue weighted by Crippen LogP contribution is -2.25. The molecular weight excluding hydrogens is 416 g/mol. The largest absolute Gasteiger partial charge is 0.433 e. The molecule has 3 rings (SSSR count). The number of nitrogens with one attached hydrogen (secondary N) is 1. The summed E-state index contributed by atoms with van der Waals surface area (Å²) in [6.07, 6.45) is -4.44. The van der Waals surface area contributed by atoms with E-state index in [1.807, 2.05) is 0 Å². The second kappa shape index (κ2) is 8.16. The third-order valence-corrected chi connectivity index (χ3v) is 4.11. The van der Waals surface area contributed by atoms with Gasteiger partial charge in [0.2, 0.25) is 5.24 Å². The number of rotatable bonds is 6.